The Hall–Kier alpha value is -1.85. The third-order valence-electron chi connectivity index (χ3n) is 2.23. The summed E-state index contributed by atoms with van der Waals surface area (Å²) in [5.74, 6) is 0.0600. The normalized spacial score (nSPS) is 12.0. The molecule has 0 atom stereocenters. The zero-order chi connectivity index (χ0) is 11.9. The van der Waals surface area contributed by atoms with Crippen molar-refractivity contribution in [2.24, 2.45) is 0 Å². The van der Waals surface area contributed by atoms with Crippen LogP contribution in [0.15, 0.2) is 18.2 Å². The van der Waals surface area contributed by atoms with Crippen molar-refractivity contribution in [1.82, 2.24) is 9.97 Å². The van der Waals surface area contributed by atoms with Gasteiger partial charge in [0.05, 0.1) is 16.8 Å². The number of anilines is 1. The number of aromatic nitrogens is 2. The Balaban J connectivity index is 2.72. The van der Waals surface area contributed by atoms with E-state index in [0.717, 1.165) is 12.1 Å². The molecule has 0 radical (unpaired) electrons. The quantitative estimate of drug-likeness (QED) is 0.752. The molecule has 2 N–H and O–H groups in total. The number of nitrogens with two attached hydrogens (primary N) is 1. The van der Waals surface area contributed by atoms with Gasteiger partial charge < -0.3 is 5.73 Å². The van der Waals surface area contributed by atoms with E-state index in [4.69, 9.17) is 5.73 Å². The van der Waals surface area contributed by atoms with E-state index in [2.05, 4.69) is 9.97 Å². The summed E-state index contributed by atoms with van der Waals surface area (Å²) in [5, 5.41) is 0.365. The summed E-state index contributed by atoms with van der Waals surface area (Å²) in [7, 11) is 0. The SMILES string of the molecule is Cc1nc(N)nc2ccc(C(F)(F)F)cc12. The van der Waals surface area contributed by atoms with Gasteiger partial charge in [0.1, 0.15) is 0 Å². The summed E-state index contributed by atoms with van der Waals surface area (Å²) in [6, 6.07) is 3.31. The molecular weight excluding hydrogens is 219 g/mol. The monoisotopic (exact) mass is 227 g/mol. The van der Waals surface area contributed by atoms with Crippen molar-refractivity contribution in [2.75, 3.05) is 5.73 Å². The van der Waals surface area contributed by atoms with Gasteiger partial charge in [0.15, 0.2) is 0 Å². The fraction of sp³-hybridized carbons (Fsp3) is 0.200. The Morgan fingerprint density at radius 3 is 2.50 bits per heavy atom. The highest BCUT2D eigenvalue weighted by molar-refractivity contribution is 5.82. The Bertz CT molecular complexity index is 549. The fourth-order valence-electron chi connectivity index (χ4n) is 1.48. The molecule has 2 rings (SSSR count). The lowest BCUT2D eigenvalue weighted by Gasteiger charge is -2.08. The van der Waals surface area contributed by atoms with Crippen LogP contribution in [0, 0.1) is 6.92 Å². The summed E-state index contributed by atoms with van der Waals surface area (Å²) in [6.07, 6.45) is -4.36. The van der Waals surface area contributed by atoms with Crippen LogP contribution in [0.25, 0.3) is 10.9 Å². The Morgan fingerprint density at radius 2 is 1.88 bits per heavy atom. The predicted octanol–water partition coefficient (Wildman–Crippen LogP) is 2.54. The third kappa shape index (κ3) is 1.78. The molecule has 0 aliphatic rings. The van der Waals surface area contributed by atoms with E-state index in [1.807, 2.05) is 0 Å². The number of nitrogen functional groups attached to an aromatic ring is 1. The molecular formula is C10H8F3N3. The summed E-state index contributed by atoms with van der Waals surface area (Å²) in [5.41, 5.74) is 5.55. The van der Waals surface area contributed by atoms with Gasteiger partial charge in [-0.15, -0.1) is 0 Å². The minimum Gasteiger partial charge on any atom is -0.368 e. The molecule has 1 heterocycles. The Kier molecular flexibility index (Phi) is 2.22. The molecule has 1 aromatic heterocycles. The predicted molar refractivity (Wildman–Crippen MR) is 53.7 cm³/mol. The molecule has 1 aromatic carbocycles. The molecule has 0 amide bonds. The second-order valence-electron chi connectivity index (χ2n) is 3.40. The molecule has 6 heteroatoms. The Labute approximate surface area is 89.1 Å². The molecule has 3 nitrogen and oxygen atoms in total. The maximum absolute atomic E-state index is 12.5. The minimum absolute atomic E-state index is 0.0600. The van der Waals surface area contributed by atoms with Crippen molar-refractivity contribution >= 4 is 16.9 Å². The van der Waals surface area contributed by atoms with Gasteiger partial charge in [-0.2, -0.15) is 13.2 Å². The number of fused-ring (bicyclic) bond motifs is 1. The molecule has 0 unspecified atom stereocenters. The lowest BCUT2D eigenvalue weighted by molar-refractivity contribution is -0.137. The van der Waals surface area contributed by atoms with Crippen LogP contribution >= 0.6 is 0 Å². The summed E-state index contributed by atoms with van der Waals surface area (Å²) < 4.78 is 37.4. The molecule has 0 aliphatic heterocycles. The number of hydrogen-bond donors (Lipinski definition) is 1. The lowest BCUT2D eigenvalue weighted by atomic mass is 10.1. The maximum Gasteiger partial charge on any atom is 0.416 e. The number of nitrogens with zero attached hydrogens (tertiary/aromatic N) is 2. The van der Waals surface area contributed by atoms with Gasteiger partial charge in [-0.3, -0.25) is 0 Å². The zero-order valence-corrected chi connectivity index (χ0v) is 8.34. The second kappa shape index (κ2) is 3.33. The van der Waals surface area contributed by atoms with E-state index in [9.17, 15) is 13.2 Å². The largest absolute Gasteiger partial charge is 0.416 e. The van der Waals surface area contributed by atoms with Crippen molar-refractivity contribution in [3.05, 3.63) is 29.5 Å². The van der Waals surface area contributed by atoms with Crippen LogP contribution < -0.4 is 5.73 Å². The van der Waals surface area contributed by atoms with Gasteiger partial charge >= 0.3 is 6.18 Å². The van der Waals surface area contributed by atoms with Crippen molar-refractivity contribution in [3.63, 3.8) is 0 Å². The average molecular weight is 227 g/mol. The van der Waals surface area contributed by atoms with Crippen LogP contribution in [0.3, 0.4) is 0 Å². The standard InChI is InChI=1S/C10H8F3N3/c1-5-7-4-6(10(11,12)13)2-3-8(7)16-9(14)15-5/h2-4H,1H3,(H2,14,15,16). The fourth-order valence-corrected chi connectivity index (χ4v) is 1.48. The summed E-state index contributed by atoms with van der Waals surface area (Å²) in [4.78, 5) is 7.68. The molecule has 16 heavy (non-hydrogen) atoms. The van der Waals surface area contributed by atoms with Crippen molar-refractivity contribution < 1.29 is 13.2 Å². The molecule has 2 aromatic rings. The van der Waals surface area contributed by atoms with Crippen LogP contribution in [0.5, 0.6) is 0 Å². The number of aryl methyl sites for hydroxylation is 1. The second-order valence-corrected chi connectivity index (χ2v) is 3.40. The maximum atomic E-state index is 12.5. The molecule has 0 saturated carbocycles. The van der Waals surface area contributed by atoms with E-state index >= 15 is 0 Å². The van der Waals surface area contributed by atoms with Gasteiger partial charge in [-0.25, -0.2) is 9.97 Å². The van der Waals surface area contributed by atoms with Gasteiger partial charge in [0.2, 0.25) is 5.95 Å². The van der Waals surface area contributed by atoms with Crippen LogP contribution in [-0.2, 0) is 6.18 Å². The topological polar surface area (TPSA) is 51.8 Å². The van der Waals surface area contributed by atoms with E-state index in [-0.39, 0.29) is 5.95 Å². The van der Waals surface area contributed by atoms with E-state index in [1.54, 1.807) is 6.92 Å². The number of hydrogen-bond acceptors (Lipinski definition) is 3. The number of benzene rings is 1. The zero-order valence-electron chi connectivity index (χ0n) is 8.34. The van der Waals surface area contributed by atoms with Crippen LogP contribution in [0.1, 0.15) is 11.3 Å². The third-order valence-corrected chi connectivity index (χ3v) is 2.23. The molecule has 0 aliphatic carbocycles. The lowest BCUT2D eigenvalue weighted by Crippen LogP contribution is -2.05. The van der Waals surface area contributed by atoms with Gasteiger partial charge in [0.25, 0.3) is 0 Å². The first kappa shape index (κ1) is 10.7. The average Bonchev–Trinajstić information content (AvgIpc) is 2.15. The molecule has 0 saturated heterocycles. The van der Waals surface area contributed by atoms with Crippen molar-refractivity contribution in [3.8, 4) is 0 Å². The Morgan fingerprint density at radius 1 is 1.19 bits per heavy atom. The molecule has 0 fully saturated rings. The number of halogens is 3. The summed E-state index contributed by atoms with van der Waals surface area (Å²) in [6.45, 7) is 1.60. The first-order valence-electron chi connectivity index (χ1n) is 4.49. The molecule has 0 spiro atoms. The van der Waals surface area contributed by atoms with Gasteiger partial charge in [0, 0.05) is 5.39 Å². The molecule has 84 valence electrons. The van der Waals surface area contributed by atoms with Crippen LogP contribution in [-0.4, -0.2) is 9.97 Å². The number of rotatable bonds is 0. The van der Waals surface area contributed by atoms with Gasteiger partial charge in [-0.1, -0.05) is 0 Å². The van der Waals surface area contributed by atoms with Crippen LogP contribution in [0.2, 0.25) is 0 Å². The highest BCUT2D eigenvalue weighted by Gasteiger charge is 2.30. The minimum atomic E-state index is -4.36. The van der Waals surface area contributed by atoms with E-state index in [1.165, 1.54) is 6.07 Å². The van der Waals surface area contributed by atoms with E-state index in [0.29, 0.717) is 16.6 Å². The highest BCUT2D eigenvalue weighted by atomic mass is 19.4. The van der Waals surface area contributed by atoms with E-state index < -0.39 is 11.7 Å². The molecule has 0 bridgehead atoms. The first-order valence-corrected chi connectivity index (χ1v) is 4.49. The van der Waals surface area contributed by atoms with Crippen molar-refractivity contribution in [1.29, 1.82) is 0 Å². The first-order chi connectivity index (χ1) is 7.38. The highest BCUT2D eigenvalue weighted by Crippen LogP contribution is 2.31. The number of alkyl halides is 3. The van der Waals surface area contributed by atoms with Crippen LogP contribution in [0.4, 0.5) is 19.1 Å². The van der Waals surface area contributed by atoms with Crippen molar-refractivity contribution in [2.45, 2.75) is 13.1 Å². The van der Waals surface area contributed by atoms with Gasteiger partial charge in [-0.05, 0) is 25.1 Å². The summed E-state index contributed by atoms with van der Waals surface area (Å²) >= 11 is 0. The smallest absolute Gasteiger partial charge is 0.368 e.